The molecule has 5 aromatic heterocycles. The summed E-state index contributed by atoms with van der Waals surface area (Å²) in [5.41, 5.74) is 12.3. The standard InChI is InChI=1S/C31H29FN8O2/c1-19(40-31-27(30(33)34-18-35-31)28(37-40)20-13-21(32)15-24(41)14-20)25-16-23-6-2-3-8-39(23)29(25)26-7-4-5-22(36-26)17-38-9-11-42-12-10-38/h2-8,13-16,18-19,41H,9-12,17H2,1H3,(H2,33,34,35). The maximum atomic E-state index is 14.3. The maximum Gasteiger partial charge on any atom is 0.164 e. The number of benzene rings is 1. The Morgan fingerprint density at radius 1 is 1.05 bits per heavy atom. The number of nitrogens with zero attached hydrogens (tertiary/aromatic N) is 7. The molecular weight excluding hydrogens is 535 g/mol. The van der Waals surface area contributed by atoms with Crippen molar-refractivity contribution in [3.63, 3.8) is 0 Å². The summed E-state index contributed by atoms with van der Waals surface area (Å²) in [6.07, 6.45) is 3.42. The third kappa shape index (κ3) is 4.62. The van der Waals surface area contributed by atoms with Gasteiger partial charge in [0.1, 0.15) is 29.4 Å². The second kappa shape index (κ2) is 10.5. The Morgan fingerprint density at radius 3 is 2.74 bits per heavy atom. The number of hydrogen-bond acceptors (Lipinski definition) is 8. The Bertz CT molecular complexity index is 1910. The number of hydrogen-bond donors (Lipinski definition) is 2. The van der Waals surface area contributed by atoms with E-state index < -0.39 is 5.82 Å². The number of nitrogens with two attached hydrogens (primary N) is 1. The van der Waals surface area contributed by atoms with Gasteiger partial charge in [-0.1, -0.05) is 12.1 Å². The largest absolute Gasteiger partial charge is 0.508 e. The number of fused-ring (bicyclic) bond motifs is 2. The molecule has 6 aromatic rings. The van der Waals surface area contributed by atoms with Gasteiger partial charge in [0, 0.05) is 48.5 Å². The summed E-state index contributed by atoms with van der Waals surface area (Å²) in [5, 5.41) is 15.5. The number of pyridine rings is 2. The van der Waals surface area contributed by atoms with E-state index in [-0.39, 0.29) is 17.6 Å². The number of aromatic nitrogens is 6. The van der Waals surface area contributed by atoms with Crippen molar-refractivity contribution < 1.29 is 14.2 Å². The zero-order chi connectivity index (χ0) is 28.8. The lowest BCUT2D eigenvalue weighted by Gasteiger charge is -2.26. The lowest BCUT2D eigenvalue weighted by molar-refractivity contribution is 0.0336. The van der Waals surface area contributed by atoms with E-state index in [1.165, 1.54) is 18.5 Å². The maximum absolute atomic E-state index is 14.3. The summed E-state index contributed by atoms with van der Waals surface area (Å²) in [6.45, 7) is 6.00. The third-order valence-corrected chi connectivity index (χ3v) is 7.74. The van der Waals surface area contributed by atoms with E-state index in [1.54, 1.807) is 4.68 Å². The minimum absolute atomic E-state index is 0.208. The first-order valence-electron chi connectivity index (χ1n) is 13.8. The second-order valence-corrected chi connectivity index (χ2v) is 10.5. The summed E-state index contributed by atoms with van der Waals surface area (Å²) < 4.78 is 23.7. The van der Waals surface area contributed by atoms with Crippen LogP contribution in [0.2, 0.25) is 0 Å². The van der Waals surface area contributed by atoms with Crippen molar-refractivity contribution in [2.24, 2.45) is 0 Å². The molecule has 7 rings (SSSR count). The van der Waals surface area contributed by atoms with Gasteiger partial charge in [-0.05, 0) is 49.4 Å². The van der Waals surface area contributed by atoms with Crippen molar-refractivity contribution in [3.8, 4) is 28.4 Å². The number of phenolic OH excluding ortho intramolecular Hbond substituents is 1. The normalized spacial score (nSPS) is 15.0. The fraction of sp³-hybridized carbons (Fsp3) is 0.226. The van der Waals surface area contributed by atoms with Crippen molar-refractivity contribution >= 4 is 22.4 Å². The highest BCUT2D eigenvalue weighted by Crippen LogP contribution is 2.38. The van der Waals surface area contributed by atoms with Gasteiger partial charge in [-0.25, -0.2) is 24.0 Å². The average molecular weight is 565 g/mol. The van der Waals surface area contributed by atoms with Crippen molar-refractivity contribution in [1.29, 1.82) is 0 Å². The number of phenols is 1. The van der Waals surface area contributed by atoms with Gasteiger partial charge in [-0.2, -0.15) is 5.10 Å². The Morgan fingerprint density at radius 2 is 1.90 bits per heavy atom. The number of nitrogen functional groups attached to an aromatic ring is 1. The molecule has 0 saturated carbocycles. The van der Waals surface area contributed by atoms with Crippen molar-refractivity contribution in [2.75, 3.05) is 32.0 Å². The highest BCUT2D eigenvalue weighted by atomic mass is 19.1. The molecule has 1 fully saturated rings. The number of rotatable bonds is 6. The summed E-state index contributed by atoms with van der Waals surface area (Å²) in [7, 11) is 0. The lowest BCUT2D eigenvalue weighted by atomic mass is 10.1. The first-order valence-corrected chi connectivity index (χ1v) is 13.8. The molecule has 11 heteroatoms. The first-order chi connectivity index (χ1) is 20.5. The van der Waals surface area contributed by atoms with Crippen LogP contribution in [0, 0.1) is 5.82 Å². The van der Waals surface area contributed by atoms with Crippen LogP contribution in [-0.4, -0.2) is 65.4 Å². The molecule has 6 heterocycles. The summed E-state index contributed by atoms with van der Waals surface area (Å²) in [5.74, 6) is -0.572. The van der Waals surface area contributed by atoms with E-state index in [0.29, 0.717) is 22.3 Å². The van der Waals surface area contributed by atoms with Gasteiger partial charge in [0.15, 0.2) is 5.65 Å². The molecule has 10 nitrogen and oxygen atoms in total. The van der Waals surface area contributed by atoms with E-state index in [0.717, 1.165) is 67.1 Å². The number of aromatic hydroxyl groups is 1. The molecule has 1 saturated heterocycles. The Hall–Kier alpha value is -4.87. The summed E-state index contributed by atoms with van der Waals surface area (Å²) in [6, 6.07) is 17.8. The van der Waals surface area contributed by atoms with E-state index in [1.807, 2.05) is 37.4 Å². The number of anilines is 1. The topological polar surface area (TPSA) is 120 Å². The van der Waals surface area contributed by atoms with E-state index in [4.69, 9.17) is 20.6 Å². The third-order valence-electron chi connectivity index (χ3n) is 7.74. The zero-order valence-corrected chi connectivity index (χ0v) is 23.0. The van der Waals surface area contributed by atoms with Gasteiger partial charge in [-0.3, -0.25) is 4.90 Å². The smallest absolute Gasteiger partial charge is 0.164 e. The molecule has 1 aliphatic heterocycles. The molecular formula is C31H29FN8O2. The quantitative estimate of drug-likeness (QED) is 0.299. The van der Waals surface area contributed by atoms with Gasteiger partial charge >= 0.3 is 0 Å². The average Bonchev–Trinajstić information content (AvgIpc) is 3.57. The molecule has 1 unspecified atom stereocenters. The fourth-order valence-electron chi connectivity index (χ4n) is 5.73. The molecule has 0 spiro atoms. The number of ether oxygens (including phenoxy) is 1. The summed E-state index contributed by atoms with van der Waals surface area (Å²) >= 11 is 0. The molecule has 1 aromatic carbocycles. The van der Waals surface area contributed by atoms with Gasteiger partial charge < -0.3 is 20.0 Å². The number of morpholine rings is 1. The predicted molar refractivity (Wildman–Crippen MR) is 157 cm³/mol. The van der Waals surface area contributed by atoms with Crippen LogP contribution in [-0.2, 0) is 11.3 Å². The molecule has 0 aliphatic carbocycles. The van der Waals surface area contributed by atoms with Crippen LogP contribution in [0.25, 0.3) is 39.2 Å². The van der Waals surface area contributed by atoms with Crippen LogP contribution in [0.4, 0.5) is 10.2 Å². The van der Waals surface area contributed by atoms with Gasteiger partial charge in [-0.15, -0.1) is 0 Å². The molecule has 3 N–H and O–H groups in total. The predicted octanol–water partition coefficient (Wildman–Crippen LogP) is 4.68. The van der Waals surface area contributed by atoms with E-state index in [9.17, 15) is 9.50 Å². The Kier molecular flexibility index (Phi) is 6.52. The van der Waals surface area contributed by atoms with Gasteiger partial charge in [0.25, 0.3) is 0 Å². The Balaban J connectivity index is 1.37. The Labute approximate surface area is 240 Å². The van der Waals surface area contributed by atoms with E-state index >= 15 is 0 Å². The van der Waals surface area contributed by atoms with Crippen molar-refractivity contribution in [3.05, 3.63) is 90.3 Å². The number of halogens is 1. The second-order valence-electron chi connectivity index (χ2n) is 10.5. The van der Waals surface area contributed by atoms with Crippen LogP contribution in [0.15, 0.2) is 73.2 Å². The first kappa shape index (κ1) is 26.1. The van der Waals surface area contributed by atoms with Crippen molar-refractivity contribution in [2.45, 2.75) is 19.5 Å². The highest BCUT2D eigenvalue weighted by molar-refractivity contribution is 5.98. The molecule has 212 valence electrons. The summed E-state index contributed by atoms with van der Waals surface area (Å²) in [4.78, 5) is 16.1. The lowest BCUT2D eigenvalue weighted by Crippen LogP contribution is -2.35. The monoisotopic (exact) mass is 564 g/mol. The minimum atomic E-state index is -0.583. The zero-order valence-electron chi connectivity index (χ0n) is 23.0. The van der Waals surface area contributed by atoms with Crippen LogP contribution < -0.4 is 5.73 Å². The fourth-order valence-corrected chi connectivity index (χ4v) is 5.73. The highest BCUT2D eigenvalue weighted by Gasteiger charge is 2.26. The van der Waals surface area contributed by atoms with Crippen molar-refractivity contribution in [1.82, 2.24) is 34.0 Å². The van der Waals surface area contributed by atoms with Crippen LogP contribution in [0.5, 0.6) is 5.75 Å². The van der Waals surface area contributed by atoms with Crippen LogP contribution in [0.1, 0.15) is 24.2 Å². The van der Waals surface area contributed by atoms with Crippen LogP contribution in [0.3, 0.4) is 0 Å². The SMILES string of the molecule is CC(c1cc2ccccn2c1-c1cccc(CN2CCOCC2)n1)n1nc(-c2cc(O)cc(F)c2)c2c(N)ncnc21. The molecule has 1 aliphatic rings. The molecule has 0 amide bonds. The van der Waals surface area contributed by atoms with Crippen LogP contribution >= 0.6 is 0 Å². The molecule has 0 bridgehead atoms. The minimum Gasteiger partial charge on any atom is -0.508 e. The van der Waals surface area contributed by atoms with Gasteiger partial charge in [0.2, 0.25) is 0 Å². The van der Waals surface area contributed by atoms with Gasteiger partial charge in [0.05, 0.1) is 41.7 Å². The van der Waals surface area contributed by atoms with E-state index in [2.05, 4.69) is 37.5 Å². The molecule has 1 atom stereocenters. The molecule has 42 heavy (non-hydrogen) atoms. The molecule has 0 radical (unpaired) electrons.